The molecule has 23 heavy (non-hydrogen) atoms. The van der Waals surface area contributed by atoms with Crippen LogP contribution in [0.2, 0.25) is 5.02 Å². The smallest absolute Gasteiger partial charge is 0.335 e. The molecule has 1 unspecified atom stereocenters. The van der Waals surface area contributed by atoms with Crippen molar-refractivity contribution in [1.29, 1.82) is 0 Å². The van der Waals surface area contributed by atoms with Crippen molar-refractivity contribution in [2.24, 2.45) is 0 Å². The maximum Gasteiger partial charge on any atom is 0.416 e. The number of hydrogen-bond acceptors (Lipinski definition) is 1. The van der Waals surface area contributed by atoms with Gasteiger partial charge in [-0.05, 0) is 48.9 Å². The van der Waals surface area contributed by atoms with E-state index < -0.39 is 11.7 Å². The molecule has 2 aromatic rings. The van der Waals surface area contributed by atoms with Crippen LogP contribution in [0.4, 0.5) is 13.2 Å². The Balaban J connectivity index is 2.17. The third-order valence-electron chi connectivity index (χ3n) is 3.71. The van der Waals surface area contributed by atoms with Gasteiger partial charge in [-0.25, -0.2) is 0 Å². The first-order chi connectivity index (χ1) is 10.7. The molecule has 0 saturated heterocycles. The highest BCUT2D eigenvalue weighted by molar-refractivity contribution is 6.30. The first kappa shape index (κ1) is 17.3. The number of alkyl halides is 3. The largest absolute Gasteiger partial charge is 0.416 e. The van der Waals surface area contributed by atoms with Crippen LogP contribution in [-0.2, 0) is 6.18 Å². The maximum absolute atomic E-state index is 12.6. The Labute approximate surface area is 137 Å². The molecular weight excluding hydrogens is 327 g/mol. The van der Waals surface area contributed by atoms with Crippen LogP contribution in [0.15, 0.2) is 48.5 Å². The van der Waals surface area contributed by atoms with Gasteiger partial charge in [0.1, 0.15) is 0 Å². The quantitative estimate of drug-likeness (QED) is 0.752. The van der Waals surface area contributed by atoms with Crippen molar-refractivity contribution in [2.75, 3.05) is 7.05 Å². The lowest BCUT2D eigenvalue weighted by atomic mass is 10.1. The number of halogens is 4. The Bertz CT molecular complexity index is 680. The van der Waals surface area contributed by atoms with Crippen molar-refractivity contribution in [2.45, 2.75) is 19.1 Å². The van der Waals surface area contributed by atoms with Crippen molar-refractivity contribution in [1.82, 2.24) is 4.90 Å². The molecule has 0 N–H and O–H groups in total. The average Bonchev–Trinajstić information content (AvgIpc) is 2.53. The fourth-order valence-corrected chi connectivity index (χ4v) is 2.27. The lowest BCUT2D eigenvalue weighted by Gasteiger charge is -2.25. The van der Waals surface area contributed by atoms with Crippen molar-refractivity contribution in [3.8, 4) is 0 Å². The van der Waals surface area contributed by atoms with E-state index in [4.69, 9.17) is 11.6 Å². The highest BCUT2D eigenvalue weighted by Gasteiger charge is 2.30. The van der Waals surface area contributed by atoms with Gasteiger partial charge in [0, 0.05) is 17.6 Å². The molecule has 1 atom stereocenters. The average molecular weight is 342 g/mol. The monoisotopic (exact) mass is 341 g/mol. The third kappa shape index (κ3) is 4.05. The molecule has 2 aromatic carbocycles. The molecule has 2 rings (SSSR count). The van der Waals surface area contributed by atoms with Gasteiger partial charge in [0.25, 0.3) is 5.91 Å². The van der Waals surface area contributed by atoms with Gasteiger partial charge in [-0.1, -0.05) is 23.7 Å². The van der Waals surface area contributed by atoms with E-state index in [1.165, 1.54) is 17.0 Å². The van der Waals surface area contributed by atoms with Gasteiger partial charge in [-0.3, -0.25) is 4.79 Å². The van der Waals surface area contributed by atoms with Crippen molar-refractivity contribution in [3.05, 3.63) is 70.2 Å². The lowest BCUT2D eigenvalue weighted by Crippen LogP contribution is -2.29. The molecular formula is C17H15ClF3NO. The van der Waals surface area contributed by atoms with Gasteiger partial charge in [-0.15, -0.1) is 0 Å². The van der Waals surface area contributed by atoms with Crippen LogP contribution in [-0.4, -0.2) is 17.9 Å². The minimum atomic E-state index is -4.41. The second-order valence-electron chi connectivity index (χ2n) is 5.22. The number of carbonyl (C=O) groups excluding carboxylic acids is 1. The molecule has 2 nitrogen and oxygen atoms in total. The topological polar surface area (TPSA) is 20.3 Å². The van der Waals surface area contributed by atoms with E-state index in [0.29, 0.717) is 5.02 Å². The Morgan fingerprint density at radius 3 is 2.04 bits per heavy atom. The fourth-order valence-electron chi connectivity index (χ4n) is 2.15. The highest BCUT2D eigenvalue weighted by atomic mass is 35.5. The van der Waals surface area contributed by atoms with E-state index in [1.807, 2.05) is 19.1 Å². The minimum Gasteiger partial charge on any atom is -0.335 e. The van der Waals surface area contributed by atoms with Crippen LogP contribution < -0.4 is 0 Å². The molecule has 1 amide bonds. The molecule has 122 valence electrons. The number of nitrogens with zero attached hydrogens (tertiary/aromatic N) is 1. The summed E-state index contributed by atoms with van der Waals surface area (Å²) < 4.78 is 37.7. The van der Waals surface area contributed by atoms with Gasteiger partial charge in [0.05, 0.1) is 11.6 Å². The number of amides is 1. The summed E-state index contributed by atoms with van der Waals surface area (Å²) in [6.45, 7) is 1.84. The van der Waals surface area contributed by atoms with Gasteiger partial charge >= 0.3 is 6.18 Å². The molecule has 0 aromatic heterocycles. The summed E-state index contributed by atoms with van der Waals surface area (Å²) >= 11 is 5.83. The molecule has 0 bridgehead atoms. The predicted molar refractivity (Wildman–Crippen MR) is 83.4 cm³/mol. The van der Waals surface area contributed by atoms with Crippen LogP contribution in [0.25, 0.3) is 0 Å². The van der Waals surface area contributed by atoms with Crippen LogP contribution in [0.1, 0.15) is 34.5 Å². The zero-order valence-corrected chi connectivity index (χ0v) is 13.3. The van der Waals surface area contributed by atoms with E-state index in [0.717, 1.165) is 17.7 Å². The summed E-state index contributed by atoms with van der Waals surface area (Å²) in [6.07, 6.45) is -4.41. The van der Waals surface area contributed by atoms with Crippen LogP contribution in [0.5, 0.6) is 0 Å². The van der Waals surface area contributed by atoms with Gasteiger partial charge in [-0.2, -0.15) is 13.2 Å². The molecule has 0 aliphatic rings. The Morgan fingerprint density at radius 2 is 1.57 bits per heavy atom. The number of hydrogen-bond donors (Lipinski definition) is 0. The molecule has 0 saturated carbocycles. The number of benzene rings is 2. The molecule has 0 radical (unpaired) electrons. The van der Waals surface area contributed by atoms with Crippen LogP contribution >= 0.6 is 11.6 Å². The minimum absolute atomic E-state index is 0.210. The van der Waals surface area contributed by atoms with Gasteiger partial charge in [0.15, 0.2) is 0 Å². The zero-order valence-electron chi connectivity index (χ0n) is 12.6. The predicted octanol–water partition coefficient (Wildman–Crippen LogP) is 5.19. The third-order valence-corrected chi connectivity index (χ3v) is 3.96. The summed E-state index contributed by atoms with van der Waals surface area (Å²) in [4.78, 5) is 13.9. The van der Waals surface area contributed by atoms with E-state index in [1.54, 1.807) is 19.2 Å². The molecule has 0 heterocycles. The number of rotatable bonds is 3. The number of carbonyl (C=O) groups is 1. The zero-order chi connectivity index (χ0) is 17.2. The molecule has 0 aliphatic heterocycles. The maximum atomic E-state index is 12.6. The second-order valence-corrected chi connectivity index (χ2v) is 5.66. The summed E-state index contributed by atoms with van der Waals surface area (Å²) in [5.74, 6) is -0.346. The van der Waals surface area contributed by atoms with E-state index in [-0.39, 0.29) is 17.5 Å². The van der Waals surface area contributed by atoms with Crippen molar-refractivity contribution < 1.29 is 18.0 Å². The fraction of sp³-hybridized carbons (Fsp3) is 0.235. The summed E-state index contributed by atoms with van der Waals surface area (Å²) in [5.41, 5.74) is 0.320. The van der Waals surface area contributed by atoms with E-state index >= 15 is 0 Å². The first-order valence-corrected chi connectivity index (χ1v) is 7.28. The normalized spacial score (nSPS) is 12.8. The summed E-state index contributed by atoms with van der Waals surface area (Å²) in [7, 11) is 1.61. The van der Waals surface area contributed by atoms with Crippen molar-refractivity contribution >= 4 is 17.5 Å². The Kier molecular flexibility index (Phi) is 5.00. The molecule has 0 spiro atoms. The van der Waals surface area contributed by atoms with E-state index in [9.17, 15) is 18.0 Å². The lowest BCUT2D eigenvalue weighted by molar-refractivity contribution is -0.137. The standard InChI is InChI=1S/C17H15ClF3NO/c1-11(12-5-9-15(18)10-6-12)22(2)16(23)13-3-7-14(8-4-13)17(19,20)21/h3-11H,1-2H3. The van der Waals surface area contributed by atoms with Crippen molar-refractivity contribution in [3.63, 3.8) is 0 Å². The van der Waals surface area contributed by atoms with E-state index in [2.05, 4.69) is 0 Å². The molecule has 0 fully saturated rings. The van der Waals surface area contributed by atoms with Gasteiger partial charge < -0.3 is 4.90 Å². The second kappa shape index (κ2) is 6.62. The summed E-state index contributed by atoms with van der Waals surface area (Å²) in [5, 5.41) is 0.595. The molecule has 0 aliphatic carbocycles. The Hall–Kier alpha value is -2.01. The molecule has 6 heteroatoms. The first-order valence-electron chi connectivity index (χ1n) is 6.90. The highest BCUT2D eigenvalue weighted by Crippen LogP contribution is 2.29. The van der Waals surface area contributed by atoms with Crippen LogP contribution in [0.3, 0.4) is 0 Å². The SMILES string of the molecule is CC(c1ccc(Cl)cc1)N(C)C(=O)c1ccc(C(F)(F)F)cc1. The Morgan fingerprint density at radius 1 is 1.04 bits per heavy atom. The summed E-state index contributed by atoms with van der Waals surface area (Å²) in [6, 6.07) is 11.0. The van der Waals surface area contributed by atoms with Gasteiger partial charge in [0.2, 0.25) is 0 Å². The van der Waals surface area contributed by atoms with Crippen LogP contribution in [0, 0.1) is 0 Å².